The first-order valence-electron chi connectivity index (χ1n) is 6.27. The number of halogens is 1. The van der Waals surface area contributed by atoms with Crippen molar-refractivity contribution in [3.63, 3.8) is 0 Å². The largest absolute Gasteiger partial charge is 0.306 e. The van der Waals surface area contributed by atoms with Gasteiger partial charge in [0.25, 0.3) is 5.91 Å². The van der Waals surface area contributed by atoms with Gasteiger partial charge >= 0.3 is 0 Å². The number of fused-ring (bicyclic) bond motifs is 1. The van der Waals surface area contributed by atoms with E-state index >= 15 is 0 Å². The number of anilines is 1. The Morgan fingerprint density at radius 2 is 2.16 bits per heavy atom. The van der Waals surface area contributed by atoms with Crippen LogP contribution in [0.3, 0.4) is 0 Å². The molecule has 0 bridgehead atoms. The molecule has 1 N–H and O–H groups in total. The number of amides is 1. The average molecular weight is 337 g/mol. The molecule has 3 nitrogen and oxygen atoms in total. The van der Waals surface area contributed by atoms with E-state index in [1.165, 1.54) is 23.3 Å². The Hall–Kier alpha value is -1.20. The molecule has 0 radical (unpaired) electrons. The van der Waals surface area contributed by atoms with Gasteiger partial charge in [0.2, 0.25) is 0 Å². The molecule has 5 heteroatoms. The van der Waals surface area contributed by atoms with E-state index in [0.717, 1.165) is 22.2 Å². The summed E-state index contributed by atoms with van der Waals surface area (Å²) in [4.78, 5) is 18.5. The van der Waals surface area contributed by atoms with Crippen LogP contribution in [0.1, 0.15) is 33.0 Å². The van der Waals surface area contributed by atoms with Crippen LogP contribution in [-0.4, -0.2) is 10.9 Å². The number of aryl methyl sites for hydroxylation is 2. The Morgan fingerprint density at radius 1 is 1.32 bits per heavy atom. The van der Waals surface area contributed by atoms with Crippen LogP contribution >= 0.6 is 27.3 Å². The van der Waals surface area contributed by atoms with Crippen molar-refractivity contribution in [1.82, 2.24) is 4.98 Å². The summed E-state index contributed by atoms with van der Waals surface area (Å²) in [6.45, 7) is 0. The number of nitrogens with one attached hydrogen (secondary N) is 1. The fourth-order valence-corrected chi connectivity index (χ4v) is 3.61. The molecule has 0 atom stereocenters. The standard InChI is InChI=1S/C14H13BrN2OS/c15-10-5-6-13(16-8-10)17-14(18)12-7-9-3-1-2-4-11(9)19-12/h5-8H,1-4H2,(H,16,17,18). The quantitative estimate of drug-likeness (QED) is 0.899. The molecule has 0 fully saturated rings. The highest BCUT2D eigenvalue weighted by molar-refractivity contribution is 9.10. The van der Waals surface area contributed by atoms with Gasteiger partial charge in [-0.2, -0.15) is 0 Å². The molecule has 2 aromatic rings. The molecule has 0 saturated heterocycles. The van der Waals surface area contributed by atoms with E-state index in [2.05, 4.69) is 26.2 Å². The van der Waals surface area contributed by atoms with Crippen LogP contribution in [0.25, 0.3) is 0 Å². The van der Waals surface area contributed by atoms with Crippen molar-refractivity contribution in [2.75, 3.05) is 5.32 Å². The minimum atomic E-state index is -0.0609. The maximum Gasteiger partial charge on any atom is 0.266 e. The van der Waals surface area contributed by atoms with Gasteiger partial charge in [0, 0.05) is 15.5 Å². The van der Waals surface area contributed by atoms with Crippen molar-refractivity contribution < 1.29 is 4.79 Å². The Bertz CT molecular complexity index is 583. The second-order valence-electron chi connectivity index (χ2n) is 4.58. The van der Waals surface area contributed by atoms with Gasteiger partial charge in [-0.3, -0.25) is 4.79 Å². The number of carbonyl (C=O) groups is 1. The molecular weight excluding hydrogens is 324 g/mol. The van der Waals surface area contributed by atoms with Gasteiger partial charge < -0.3 is 5.32 Å². The molecule has 1 amide bonds. The topological polar surface area (TPSA) is 42.0 Å². The normalized spacial score (nSPS) is 13.9. The van der Waals surface area contributed by atoms with E-state index in [1.54, 1.807) is 23.6 Å². The maximum absolute atomic E-state index is 12.2. The summed E-state index contributed by atoms with van der Waals surface area (Å²) in [5.41, 5.74) is 1.35. The molecule has 2 aromatic heterocycles. The Kier molecular flexibility index (Phi) is 3.66. The Balaban J connectivity index is 1.76. The van der Waals surface area contributed by atoms with Crippen LogP contribution in [0.15, 0.2) is 28.9 Å². The molecule has 1 aliphatic carbocycles. The molecule has 3 rings (SSSR count). The molecule has 0 unspecified atom stereocenters. The van der Waals surface area contributed by atoms with Gasteiger partial charge in [-0.05, 0) is 65.4 Å². The van der Waals surface area contributed by atoms with E-state index in [4.69, 9.17) is 0 Å². The van der Waals surface area contributed by atoms with E-state index in [-0.39, 0.29) is 5.91 Å². The highest BCUT2D eigenvalue weighted by atomic mass is 79.9. The molecule has 1 aliphatic rings. The Labute approximate surface area is 124 Å². The van der Waals surface area contributed by atoms with Crippen LogP contribution in [-0.2, 0) is 12.8 Å². The van der Waals surface area contributed by atoms with Crippen molar-refractivity contribution in [3.8, 4) is 0 Å². The number of carbonyl (C=O) groups excluding carboxylic acids is 1. The summed E-state index contributed by atoms with van der Waals surface area (Å²) in [7, 11) is 0. The predicted molar refractivity (Wildman–Crippen MR) is 80.9 cm³/mol. The van der Waals surface area contributed by atoms with E-state index in [0.29, 0.717) is 5.82 Å². The summed E-state index contributed by atoms with van der Waals surface area (Å²) in [5.74, 6) is 0.522. The second kappa shape index (κ2) is 5.43. The molecule has 0 saturated carbocycles. The zero-order chi connectivity index (χ0) is 13.2. The van der Waals surface area contributed by atoms with E-state index < -0.39 is 0 Å². The fourth-order valence-electron chi connectivity index (χ4n) is 2.23. The van der Waals surface area contributed by atoms with Crippen LogP contribution in [0.5, 0.6) is 0 Å². The zero-order valence-electron chi connectivity index (χ0n) is 10.3. The summed E-state index contributed by atoms with van der Waals surface area (Å²) < 4.78 is 0.900. The maximum atomic E-state index is 12.2. The number of thiophene rings is 1. The van der Waals surface area contributed by atoms with Crippen LogP contribution in [0.2, 0.25) is 0 Å². The number of hydrogen-bond donors (Lipinski definition) is 1. The predicted octanol–water partition coefficient (Wildman–Crippen LogP) is 4.04. The zero-order valence-corrected chi connectivity index (χ0v) is 12.7. The minimum absolute atomic E-state index is 0.0609. The lowest BCUT2D eigenvalue weighted by molar-refractivity contribution is 0.103. The lowest BCUT2D eigenvalue weighted by Crippen LogP contribution is -2.11. The second-order valence-corrected chi connectivity index (χ2v) is 6.63. The van der Waals surface area contributed by atoms with Gasteiger partial charge in [0.15, 0.2) is 0 Å². The smallest absolute Gasteiger partial charge is 0.266 e. The fraction of sp³-hybridized carbons (Fsp3) is 0.286. The minimum Gasteiger partial charge on any atom is -0.306 e. The first kappa shape index (κ1) is 12.8. The lowest BCUT2D eigenvalue weighted by Gasteiger charge is -2.08. The number of rotatable bonds is 2. The van der Waals surface area contributed by atoms with Crippen molar-refractivity contribution in [1.29, 1.82) is 0 Å². The van der Waals surface area contributed by atoms with Crippen LogP contribution in [0.4, 0.5) is 5.82 Å². The summed E-state index contributed by atoms with van der Waals surface area (Å²) in [6.07, 6.45) is 6.37. The Morgan fingerprint density at radius 3 is 2.89 bits per heavy atom. The number of pyridine rings is 1. The van der Waals surface area contributed by atoms with Crippen molar-refractivity contribution in [2.24, 2.45) is 0 Å². The monoisotopic (exact) mass is 336 g/mol. The SMILES string of the molecule is O=C(Nc1ccc(Br)cn1)c1cc2c(s1)CCCC2. The number of nitrogens with zero attached hydrogens (tertiary/aromatic N) is 1. The third kappa shape index (κ3) is 2.87. The molecule has 0 spiro atoms. The molecule has 0 aromatic carbocycles. The number of aromatic nitrogens is 1. The lowest BCUT2D eigenvalue weighted by atomic mass is 9.99. The average Bonchev–Trinajstić information content (AvgIpc) is 2.85. The van der Waals surface area contributed by atoms with Crippen molar-refractivity contribution in [3.05, 3.63) is 44.2 Å². The third-order valence-corrected chi connectivity index (χ3v) is 4.89. The number of hydrogen-bond acceptors (Lipinski definition) is 3. The molecule has 0 aliphatic heterocycles. The van der Waals surface area contributed by atoms with E-state index in [9.17, 15) is 4.79 Å². The van der Waals surface area contributed by atoms with Gasteiger partial charge in [0.05, 0.1) is 4.88 Å². The van der Waals surface area contributed by atoms with Gasteiger partial charge in [-0.25, -0.2) is 4.98 Å². The van der Waals surface area contributed by atoms with Gasteiger partial charge in [-0.1, -0.05) is 0 Å². The highest BCUT2D eigenvalue weighted by Gasteiger charge is 2.17. The van der Waals surface area contributed by atoms with Crippen LogP contribution < -0.4 is 5.32 Å². The first-order valence-corrected chi connectivity index (χ1v) is 7.88. The summed E-state index contributed by atoms with van der Waals surface area (Å²) in [5, 5.41) is 2.83. The molecule has 98 valence electrons. The van der Waals surface area contributed by atoms with Crippen molar-refractivity contribution in [2.45, 2.75) is 25.7 Å². The van der Waals surface area contributed by atoms with E-state index in [1.807, 2.05) is 12.1 Å². The molecule has 19 heavy (non-hydrogen) atoms. The third-order valence-electron chi connectivity index (χ3n) is 3.19. The molecule has 2 heterocycles. The summed E-state index contributed by atoms with van der Waals surface area (Å²) in [6, 6.07) is 5.69. The van der Waals surface area contributed by atoms with Crippen LogP contribution in [0, 0.1) is 0 Å². The molecular formula is C14H13BrN2OS. The highest BCUT2D eigenvalue weighted by Crippen LogP contribution is 2.30. The summed E-state index contributed by atoms with van der Waals surface area (Å²) >= 11 is 4.94. The van der Waals surface area contributed by atoms with Crippen molar-refractivity contribution >= 4 is 39.0 Å². The van der Waals surface area contributed by atoms with Gasteiger partial charge in [0.1, 0.15) is 5.82 Å². The van der Waals surface area contributed by atoms with Gasteiger partial charge in [-0.15, -0.1) is 11.3 Å². The first-order chi connectivity index (χ1) is 9.22.